The summed E-state index contributed by atoms with van der Waals surface area (Å²) in [5, 5.41) is 5.78. The molecule has 0 bridgehead atoms. The number of benzene rings is 2. The third kappa shape index (κ3) is 8.40. The normalized spacial score (nSPS) is 14.0. The van der Waals surface area contributed by atoms with Gasteiger partial charge in [0.2, 0.25) is 5.95 Å². The molecule has 2 N–H and O–H groups in total. The number of hydrogen-bond donors (Lipinski definition) is 2. The molecule has 45 heavy (non-hydrogen) atoms. The molecule has 0 atom stereocenters. The number of hydrogen-bond acceptors (Lipinski definition) is 7. The van der Waals surface area contributed by atoms with E-state index in [9.17, 15) is 19.2 Å². The number of nitrogens with zero attached hydrogens (tertiary/aromatic N) is 3. The molecule has 1 aliphatic carbocycles. The fourth-order valence-corrected chi connectivity index (χ4v) is 5.20. The number of aromatic nitrogens is 2. The van der Waals surface area contributed by atoms with E-state index in [-0.39, 0.29) is 22.6 Å². The Balaban J connectivity index is 1.62. The summed E-state index contributed by atoms with van der Waals surface area (Å²) in [6.07, 6.45) is 3.53. The van der Waals surface area contributed by atoms with Crippen LogP contribution in [0.3, 0.4) is 0 Å². The Labute approximate surface area is 264 Å². The van der Waals surface area contributed by atoms with E-state index in [1.807, 2.05) is 31.4 Å². The van der Waals surface area contributed by atoms with Gasteiger partial charge in [-0.15, -0.1) is 0 Å². The van der Waals surface area contributed by atoms with E-state index in [1.54, 1.807) is 65.2 Å². The molecule has 0 saturated heterocycles. The lowest BCUT2D eigenvalue weighted by molar-refractivity contribution is 0.00690. The first-order chi connectivity index (χ1) is 21.0. The molecule has 0 spiro atoms. The second kappa shape index (κ2) is 12.9. The van der Waals surface area contributed by atoms with Crippen molar-refractivity contribution in [3.63, 3.8) is 0 Å². The quantitative estimate of drug-likeness (QED) is 0.206. The molecule has 1 fully saturated rings. The van der Waals surface area contributed by atoms with Crippen molar-refractivity contribution in [3.05, 3.63) is 59.2 Å². The SMILES string of the molecule is CN(C)C(=O)c1cccc2nc(NC(=O)c3cccc(C(=O)OC(C)(C)C)c3)n(C3(CCCCNC(=O)OC(C)(C)C)CC3)c12. The largest absolute Gasteiger partial charge is 0.456 e. The fourth-order valence-electron chi connectivity index (χ4n) is 5.20. The number of carbonyl (C=O) groups excluding carboxylic acids is 4. The highest BCUT2D eigenvalue weighted by molar-refractivity contribution is 6.08. The van der Waals surface area contributed by atoms with Crippen molar-refractivity contribution in [1.82, 2.24) is 19.8 Å². The minimum Gasteiger partial charge on any atom is -0.456 e. The number of esters is 1. The lowest BCUT2D eigenvalue weighted by Crippen LogP contribution is -2.33. The Bertz CT molecular complexity index is 1590. The number of para-hydroxylation sites is 1. The third-order valence-corrected chi connectivity index (χ3v) is 7.34. The van der Waals surface area contributed by atoms with Crippen molar-refractivity contribution in [3.8, 4) is 0 Å². The van der Waals surface area contributed by atoms with Crippen molar-refractivity contribution in [2.24, 2.45) is 0 Å². The van der Waals surface area contributed by atoms with Crippen LogP contribution in [-0.4, -0.2) is 70.2 Å². The summed E-state index contributed by atoms with van der Waals surface area (Å²) in [4.78, 5) is 57.9. The fraction of sp³-hybridized carbons (Fsp3) is 0.500. The number of imidazole rings is 1. The molecule has 4 rings (SSSR count). The van der Waals surface area contributed by atoms with Crippen LogP contribution in [0, 0.1) is 0 Å². The van der Waals surface area contributed by atoms with E-state index < -0.39 is 29.2 Å². The molecule has 3 amide bonds. The summed E-state index contributed by atoms with van der Waals surface area (Å²) in [5.74, 6) is -0.785. The highest BCUT2D eigenvalue weighted by Crippen LogP contribution is 2.51. The zero-order valence-corrected chi connectivity index (χ0v) is 27.6. The molecule has 2 aromatic carbocycles. The molecule has 1 heterocycles. The van der Waals surface area contributed by atoms with Crippen molar-refractivity contribution in [2.45, 2.75) is 90.4 Å². The molecule has 11 nitrogen and oxygen atoms in total. The molecule has 3 aromatic rings. The summed E-state index contributed by atoms with van der Waals surface area (Å²) < 4.78 is 12.8. The lowest BCUT2D eigenvalue weighted by Gasteiger charge is -2.23. The van der Waals surface area contributed by atoms with Gasteiger partial charge in [-0.25, -0.2) is 14.6 Å². The van der Waals surface area contributed by atoms with Crippen LogP contribution in [0.25, 0.3) is 11.0 Å². The van der Waals surface area contributed by atoms with E-state index in [2.05, 4.69) is 10.6 Å². The predicted molar refractivity (Wildman–Crippen MR) is 173 cm³/mol. The van der Waals surface area contributed by atoms with Crippen LogP contribution in [0.15, 0.2) is 42.5 Å². The smallest absolute Gasteiger partial charge is 0.407 e. The van der Waals surface area contributed by atoms with Crippen LogP contribution in [-0.2, 0) is 15.0 Å². The van der Waals surface area contributed by atoms with Gasteiger partial charge in [0.25, 0.3) is 11.8 Å². The molecule has 0 aliphatic heterocycles. The number of carbonyl (C=O) groups is 4. The van der Waals surface area contributed by atoms with Crippen molar-refractivity contribution < 1.29 is 28.7 Å². The topological polar surface area (TPSA) is 132 Å². The van der Waals surface area contributed by atoms with Crippen LogP contribution in [0.5, 0.6) is 0 Å². The van der Waals surface area contributed by atoms with E-state index in [4.69, 9.17) is 14.5 Å². The average Bonchev–Trinajstić information content (AvgIpc) is 3.62. The van der Waals surface area contributed by atoms with Crippen LogP contribution < -0.4 is 10.6 Å². The van der Waals surface area contributed by atoms with E-state index >= 15 is 0 Å². The molecule has 11 heteroatoms. The Morgan fingerprint density at radius 3 is 2.18 bits per heavy atom. The Kier molecular flexibility index (Phi) is 9.60. The predicted octanol–water partition coefficient (Wildman–Crippen LogP) is 6.13. The molecular weight excluding hydrogens is 574 g/mol. The zero-order chi connectivity index (χ0) is 33.2. The summed E-state index contributed by atoms with van der Waals surface area (Å²) in [5.41, 5.74) is 0.705. The average molecular weight is 620 g/mol. The van der Waals surface area contributed by atoms with Gasteiger partial charge in [-0.05, 0) is 104 Å². The second-order valence-electron chi connectivity index (χ2n) is 13.8. The maximum Gasteiger partial charge on any atom is 0.407 e. The van der Waals surface area contributed by atoms with Crippen molar-refractivity contribution >= 4 is 40.9 Å². The van der Waals surface area contributed by atoms with E-state index in [1.165, 1.54) is 11.0 Å². The van der Waals surface area contributed by atoms with Gasteiger partial charge < -0.3 is 24.3 Å². The van der Waals surface area contributed by atoms with Crippen LogP contribution in [0.1, 0.15) is 105 Å². The molecule has 0 radical (unpaired) electrons. The van der Waals surface area contributed by atoms with Crippen LogP contribution in [0.4, 0.5) is 10.7 Å². The van der Waals surface area contributed by atoms with Gasteiger partial charge >= 0.3 is 12.1 Å². The molecule has 0 unspecified atom stereocenters. The standard InChI is InChI=1S/C34H45N5O6/c1-32(2,3)44-29(42)23-14-11-13-22(21-23)27(40)37-30-36-25-16-12-15-24(28(41)38(7)8)26(25)39(30)34(18-19-34)17-9-10-20-35-31(43)45-33(4,5)6/h11-16,21H,9-10,17-20H2,1-8H3,(H,35,43)(H,36,37,40). The van der Waals surface area contributed by atoms with Crippen LogP contribution in [0.2, 0.25) is 0 Å². The number of nitrogens with one attached hydrogen (secondary N) is 2. The zero-order valence-electron chi connectivity index (χ0n) is 27.6. The van der Waals surface area contributed by atoms with Gasteiger partial charge in [0.1, 0.15) is 11.2 Å². The van der Waals surface area contributed by atoms with Gasteiger partial charge in [0.05, 0.1) is 22.2 Å². The van der Waals surface area contributed by atoms with Gasteiger partial charge in [0.15, 0.2) is 0 Å². The van der Waals surface area contributed by atoms with Gasteiger partial charge in [-0.3, -0.25) is 14.9 Å². The number of alkyl carbamates (subject to hydrolysis) is 1. The third-order valence-electron chi connectivity index (χ3n) is 7.34. The Morgan fingerprint density at radius 2 is 1.56 bits per heavy atom. The lowest BCUT2D eigenvalue weighted by atomic mass is 10.1. The first kappa shape index (κ1) is 33.5. The van der Waals surface area contributed by atoms with Gasteiger partial charge in [-0.1, -0.05) is 12.1 Å². The first-order valence-corrected chi connectivity index (χ1v) is 15.3. The second-order valence-corrected chi connectivity index (χ2v) is 13.8. The van der Waals surface area contributed by atoms with Crippen molar-refractivity contribution in [1.29, 1.82) is 0 Å². The molecule has 242 valence electrons. The minimum atomic E-state index is -0.674. The molecule has 1 aromatic heterocycles. The van der Waals surface area contributed by atoms with Gasteiger partial charge in [0, 0.05) is 31.7 Å². The maximum absolute atomic E-state index is 13.6. The number of amides is 3. The number of fused-ring (bicyclic) bond motifs is 1. The molecule has 1 aliphatic rings. The van der Waals surface area contributed by atoms with E-state index in [0.717, 1.165) is 32.1 Å². The van der Waals surface area contributed by atoms with Crippen LogP contribution >= 0.6 is 0 Å². The minimum absolute atomic E-state index is 0.165. The summed E-state index contributed by atoms with van der Waals surface area (Å²) >= 11 is 0. The summed E-state index contributed by atoms with van der Waals surface area (Å²) in [6, 6.07) is 11.8. The highest BCUT2D eigenvalue weighted by Gasteiger charge is 2.47. The van der Waals surface area contributed by atoms with E-state index in [0.29, 0.717) is 29.1 Å². The van der Waals surface area contributed by atoms with Gasteiger partial charge in [-0.2, -0.15) is 0 Å². The number of rotatable bonds is 10. The number of ether oxygens (including phenoxy) is 2. The molecule has 1 saturated carbocycles. The highest BCUT2D eigenvalue weighted by atomic mass is 16.6. The summed E-state index contributed by atoms with van der Waals surface area (Å²) in [7, 11) is 3.40. The Hall–Kier alpha value is -4.41. The first-order valence-electron chi connectivity index (χ1n) is 15.3. The number of anilines is 1. The maximum atomic E-state index is 13.6. The molecular formula is C34H45N5O6. The summed E-state index contributed by atoms with van der Waals surface area (Å²) in [6.45, 7) is 11.3. The Morgan fingerprint density at radius 1 is 0.911 bits per heavy atom. The van der Waals surface area contributed by atoms with Crippen molar-refractivity contribution in [2.75, 3.05) is 26.0 Å². The monoisotopic (exact) mass is 619 g/mol. The number of unbranched alkanes of at least 4 members (excludes halogenated alkanes) is 1.